The van der Waals surface area contributed by atoms with Crippen molar-refractivity contribution in [3.8, 4) is 11.6 Å². The molecule has 0 amide bonds. The minimum absolute atomic E-state index is 0.634. The Kier molecular flexibility index (Phi) is 3.55. The van der Waals surface area contributed by atoms with Crippen LogP contribution < -0.4 is 4.74 Å². The molecule has 3 heteroatoms. The van der Waals surface area contributed by atoms with E-state index in [1.165, 1.54) is 5.56 Å². The van der Waals surface area contributed by atoms with Crippen LogP contribution in [0.5, 0.6) is 11.6 Å². The smallest absolute Gasteiger partial charge is 0.219 e. The Morgan fingerprint density at radius 1 is 1.07 bits per heavy atom. The molecule has 2 aromatic rings. The van der Waals surface area contributed by atoms with Crippen LogP contribution >= 0.6 is 22.6 Å². The molecular formula is C12H10INO. The first-order valence-electron chi connectivity index (χ1n) is 4.62. The summed E-state index contributed by atoms with van der Waals surface area (Å²) >= 11 is 2.31. The van der Waals surface area contributed by atoms with E-state index in [4.69, 9.17) is 4.74 Å². The molecule has 0 radical (unpaired) electrons. The minimum Gasteiger partial charge on any atom is -0.439 e. The van der Waals surface area contributed by atoms with Gasteiger partial charge in [-0.25, -0.2) is 4.98 Å². The third-order valence-corrected chi connectivity index (χ3v) is 2.80. The van der Waals surface area contributed by atoms with E-state index in [1.807, 2.05) is 48.7 Å². The first-order chi connectivity index (χ1) is 7.38. The second-order valence-electron chi connectivity index (χ2n) is 3.05. The summed E-state index contributed by atoms with van der Waals surface area (Å²) in [5, 5.41) is 0. The van der Waals surface area contributed by atoms with Crippen LogP contribution in [0.3, 0.4) is 0 Å². The third-order valence-electron chi connectivity index (χ3n) is 1.92. The van der Waals surface area contributed by atoms with E-state index >= 15 is 0 Å². The molecule has 0 bridgehead atoms. The van der Waals surface area contributed by atoms with Gasteiger partial charge in [0.1, 0.15) is 5.75 Å². The van der Waals surface area contributed by atoms with Gasteiger partial charge in [0.05, 0.1) is 0 Å². The normalized spacial score (nSPS) is 9.93. The average molecular weight is 311 g/mol. The van der Waals surface area contributed by atoms with Crippen molar-refractivity contribution < 1.29 is 4.74 Å². The molecule has 0 unspecified atom stereocenters. The van der Waals surface area contributed by atoms with Gasteiger partial charge >= 0.3 is 0 Å². The van der Waals surface area contributed by atoms with Gasteiger partial charge in [-0.3, -0.25) is 0 Å². The van der Waals surface area contributed by atoms with Gasteiger partial charge in [0, 0.05) is 16.7 Å². The highest BCUT2D eigenvalue weighted by molar-refractivity contribution is 14.1. The van der Waals surface area contributed by atoms with Crippen LogP contribution in [-0.2, 0) is 4.43 Å². The summed E-state index contributed by atoms with van der Waals surface area (Å²) in [6, 6.07) is 13.6. The average Bonchev–Trinajstić information content (AvgIpc) is 2.31. The maximum atomic E-state index is 5.56. The largest absolute Gasteiger partial charge is 0.439 e. The van der Waals surface area contributed by atoms with Crippen LogP contribution in [0.1, 0.15) is 5.56 Å². The summed E-state index contributed by atoms with van der Waals surface area (Å²) in [6.07, 6.45) is 1.84. The SMILES string of the molecule is ICc1ccc(Oc2ccccc2)nc1. The highest BCUT2D eigenvalue weighted by Gasteiger charge is 1.97. The molecule has 15 heavy (non-hydrogen) atoms. The quantitative estimate of drug-likeness (QED) is 0.635. The summed E-state index contributed by atoms with van der Waals surface area (Å²) in [4.78, 5) is 4.22. The summed E-state index contributed by atoms with van der Waals surface area (Å²) in [5.41, 5.74) is 1.20. The molecule has 1 heterocycles. The second kappa shape index (κ2) is 5.11. The Hall–Kier alpha value is -1.10. The lowest BCUT2D eigenvalue weighted by molar-refractivity contribution is 0.462. The molecule has 0 aliphatic carbocycles. The molecule has 2 nitrogen and oxygen atoms in total. The van der Waals surface area contributed by atoms with Crippen LogP contribution in [0.25, 0.3) is 0 Å². The first kappa shape index (κ1) is 10.4. The van der Waals surface area contributed by atoms with Gasteiger partial charge in [0.25, 0.3) is 0 Å². The predicted octanol–water partition coefficient (Wildman–Crippen LogP) is 3.81. The monoisotopic (exact) mass is 311 g/mol. The number of nitrogens with zero attached hydrogens (tertiary/aromatic N) is 1. The maximum absolute atomic E-state index is 5.56. The van der Waals surface area contributed by atoms with Gasteiger partial charge < -0.3 is 4.74 Å². The number of hydrogen-bond acceptors (Lipinski definition) is 2. The third kappa shape index (κ3) is 2.92. The standard InChI is InChI=1S/C12H10INO/c13-8-10-6-7-12(14-9-10)15-11-4-2-1-3-5-11/h1-7,9H,8H2. The Balaban J connectivity index is 2.11. The van der Waals surface area contributed by atoms with E-state index in [0.29, 0.717) is 5.88 Å². The molecular weight excluding hydrogens is 301 g/mol. The lowest BCUT2D eigenvalue weighted by atomic mass is 10.3. The molecule has 0 spiro atoms. The van der Waals surface area contributed by atoms with Crippen LogP contribution in [0, 0.1) is 0 Å². The zero-order valence-corrected chi connectivity index (χ0v) is 10.2. The van der Waals surface area contributed by atoms with E-state index in [1.54, 1.807) is 0 Å². The molecule has 0 N–H and O–H groups in total. The highest BCUT2D eigenvalue weighted by atomic mass is 127. The Labute approximate surface area is 102 Å². The fourth-order valence-corrected chi connectivity index (χ4v) is 1.61. The second-order valence-corrected chi connectivity index (χ2v) is 3.82. The summed E-state index contributed by atoms with van der Waals surface area (Å²) in [6.45, 7) is 0. The number of benzene rings is 1. The topological polar surface area (TPSA) is 22.1 Å². The minimum atomic E-state index is 0.634. The molecule has 0 fully saturated rings. The fourth-order valence-electron chi connectivity index (χ4n) is 1.16. The molecule has 0 saturated carbocycles. The zero-order valence-electron chi connectivity index (χ0n) is 8.06. The van der Waals surface area contributed by atoms with E-state index in [0.717, 1.165) is 10.2 Å². The summed E-state index contributed by atoms with van der Waals surface area (Å²) < 4.78 is 6.53. The number of alkyl halides is 1. The molecule has 0 saturated heterocycles. The van der Waals surface area contributed by atoms with E-state index in [9.17, 15) is 0 Å². The Morgan fingerprint density at radius 2 is 1.87 bits per heavy atom. The van der Waals surface area contributed by atoms with Crippen LogP contribution in [0.4, 0.5) is 0 Å². The lowest BCUT2D eigenvalue weighted by Gasteiger charge is -2.04. The van der Waals surface area contributed by atoms with E-state index < -0.39 is 0 Å². The predicted molar refractivity (Wildman–Crippen MR) is 68.5 cm³/mol. The molecule has 0 aliphatic heterocycles. The highest BCUT2D eigenvalue weighted by Crippen LogP contribution is 2.18. The first-order valence-corrected chi connectivity index (χ1v) is 6.15. The number of ether oxygens (including phenoxy) is 1. The van der Waals surface area contributed by atoms with E-state index in [2.05, 4.69) is 27.6 Å². The summed E-state index contributed by atoms with van der Waals surface area (Å²) in [5.74, 6) is 1.45. The lowest BCUT2D eigenvalue weighted by Crippen LogP contribution is -1.88. The molecule has 2 rings (SSSR count). The van der Waals surface area contributed by atoms with Crippen molar-refractivity contribution in [2.75, 3.05) is 0 Å². The number of aromatic nitrogens is 1. The van der Waals surface area contributed by atoms with E-state index in [-0.39, 0.29) is 0 Å². The van der Waals surface area contributed by atoms with Gasteiger partial charge in [0.2, 0.25) is 5.88 Å². The number of hydrogen-bond donors (Lipinski definition) is 0. The fraction of sp³-hybridized carbons (Fsp3) is 0.0833. The van der Waals surface area contributed by atoms with Gasteiger partial charge in [-0.15, -0.1) is 0 Å². The number of halogens is 1. The number of rotatable bonds is 3. The molecule has 1 aromatic carbocycles. The van der Waals surface area contributed by atoms with Gasteiger partial charge in [-0.05, 0) is 17.7 Å². The molecule has 76 valence electrons. The van der Waals surface area contributed by atoms with Crippen LogP contribution in [0.2, 0.25) is 0 Å². The van der Waals surface area contributed by atoms with Crippen molar-refractivity contribution in [3.05, 3.63) is 54.2 Å². The van der Waals surface area contributed by atoms with Crippen molar-refractivity contribution >= 4 is 22.6 Å². The molecule has 1 aromatic heterocycles. The molecule has 0 atom stereocenters. The Bertz CT molecular complexity index is 413. The van der Waals surface area contributed by atoms with Crippen molar-refractivity contribution in [2.45, 2.75) is 4.43 Å². The maximum Gasteiger partial charge on any atom is 0.219 e. The number of para-hydroxylation sites is 1. The molecule has 0 aliphatic rings. The van der Waals surface area contributed by atoms with Crippen molar-refractivity contribution in [3.63, 3.8) is 0 Å². The van der Waals surface area contributed by atoms with Crippen molar-refractivity contribution in [1.29, 1.82) is 0 Å². The van der Waals surface area contributed by atoms with Crippen molar-refractivity contribution in [1.82, 2.24) is 4.98 Å². The van der Waals surface area contributed by atoms with Gasteiger partial charge in [-0.1, -0.05) is 46.9 Å². The number of pyridine rings is 1. The zero-order chi connectivity index (χ0) is 10.5. The Morgan fingerprint density at radius 3 is 2.47 bits per heavy atom. The van der Waals surface area contributed by atoms with Crippen molar-refractivity contribution in [2.24, 2.45) is 0 Å². The van der Waals surface area contributed by atoms with Crippen LogP contribution in [0.15, 0.2) is 48.7 Å². The van der Waals surface area contributed by atoms with Gasteiger partial charge in [0.15, 0.2) is 0 Å². The van der Waals surface area contributed by atoms with Gasteiger partial charge in [-0.2, -0.15) is 0 Å². The summed E-state index contributed by atoms with van der Waals surface area (Å²) in [7, 11) is 0. The van der Waals surface area contributed by atoms with Crippen LogP contribution in [-0.4, -0.2) is 4.98 Å².